The van der Waals surface area contributed by atoms with Crippen molar-refractivity contribution in [2.45, 2.75) is 66.8 Å². The highest BCUT2D eigenvalue weighted by atomic mass is 16.6. The Labute approximate surface area is 151 Å². The van der Waals surface area contributed by atoms with E-state index in [1.165, 1.54) is 0 Å². The molecule has 0 radical (unpaired) electrons. The average Bonchev–Trinajstić information content (AvgIpc) is 2.46. The highest BCUT2D eigenvalue weighted by Crippen LogP contribution is 2.25. The fraction of sp³-hybridized carbons (Fsp3) is 0.600. The quantitative estimate of drug-likeness (QED) is 0.696. The first-order valence-corrected chi connectivity index (χ1v) is 9.04. The maximum atomic E-state index is 12.4. The third-order valence-electron chi connectivity index (χ3n) is 3.98. The third-order valence-corrected chi connectivity index (χ3v) is 3.98. The van der Waals surface area contributed by atoms with Crippen LogP contribution in [0.3, 0.4) is 0 Å². The Morgan fingerprint density at radius 2 is 1.88 bits per heavy atom. The van der Waals surface area contributed by atoms with Gasteiger partial charge in [-0.15, -0.1) is 0 Å². The lowest BCUT2D eigenvalue weighted by Gasteiger charge is -2.23. The number of carbonyl (C=O) groups is 2. The molecule has 0 aliphatic heterocycles. The molecule has 140 valence electrons. The van der Waals surface area contributed by atoms with Crippen molar-refractivity contribution in [3.8, 4) is 5.75 Å². The van der Waals surface area contributed by atoms with Crippen molar-refractivity contribution < 1.29 is 14.3 Å². The molecule has 5 nitrogen and oxygen atoms in total. The van der Waals surface area contributed by atoms with Crippen LogP contribution in [0.4, 0.5) is 10.5 Å². The Hall–Kier alpha value is -2.04. The lowest BCUT2D eigenvalue weighted by Crippen LogP contribution is -2.35. The number of anilines is 1. The van der Waals surface area contributed by atoms with Crippen LogP contribution in [-0.4, -0.2) is 18.0 Å². The topological polar surface area (TPSA) is 67.4 Å². The first kappa shape index (κ1) is 21.0. The van der Waals surface area contributed by atoms with E-state index in [9.17, 15) is 9.59 Å². The van der Waals surface area contributed by atoms with Crippen LogP contribution in [-0.2, 0) is 4.79 Å². The molecule has 25 heavy (non-hydrogen) atoms. The number of hydrogen-bond donors (Lipinski definition) is 2. The van der Waals surface area contributed by atoms with Crippen LogP contribution in [0.1, 0.15) is 60.8 Å². The monoisotopic (exact) mass is 348 g/mol. The number of benzene rings is 1. The summed E-state index contributed by atoms with van der Waals surface area (Å²) in [4.78, 5) is 24.3. The van der Waals surface area contributed by atoms with Crippen molar-refractivity contribution in [1.82, 2.24) is 5.32 Å². The van der Waals surface area contributed by atoms with Crippen molar-refractivity contribution in [3.63, 3.8) is 0 Å². The molecule has 1 aromatic rings. The summed E-state index contributed by atoms with van der Waals surface area (Å²) in [6.45, 7) is 12.1. The Morgan fingerprint density at radius 3 is 2.48 bits per heavy atom. The summed E-state index contributed by atoms with van der Waals surface area (Å²) in [6.07, 6.45) is 2.16. The smallest absolute Gasteiger partial charge is 0.410 e. The van der Waals surface area contributed by atoms with Gasteiger partial charge in [-0.2, -0.15) is 0 Å². The van der Waals surface area contributed by atoms with Gasteiger partial charge in [0.05, 0.1) is 0 Å². The highest BCUT2D eigenvalue weighted by molar-refractivity contribution is 5.95. The predicted octanol–water partition coefficient (Wildman–Crippen LogP) is 4.97. The number of rotatable bonds is 8. The van der Waals surface area contributed by atoms with Crippen LogP contribution in [0.5, 0.6) is 5.75 Å². The van der Waals surface area contributed by atoms with Crippen LogP contribution >= 0.6 is 0 Å². The fourth-order valence-electron chi connectivity index (χ4n) is 2.78. The summed E-state index contributed by atoms with van der Waals surface area (Å²) < 4.78 is 5.32. The van der Waals surface area contributed by atoms with Gasteiger partial charge in [0.25, 0.3) is 0 Å². The van der Waals surface area contributed by atoms with Crippen molar-refractivity contribution in [3.05, 3.63) is 24.3 Å². The maximum Gasteiger partial charge on any atom is 0.412 e. The molecule has 0 heterocycles. The van der Waals surface area contributed by atoms with Gasteiger partial charge in [0.2, 0.25) is 5.91 Å². The van der Waals surface area contributed by atoms with Gasteiger partial charge in [-0.25, -0.2) is 4.79 Å². The zero-order valence-electron chi connectivity index (χ0n) is 16.3. The molecule has 0 saturated carbocycles. The van der Waals surface area contributed by atoms with E-state index >= 15 is 0 Å². The minimum Gasteiger partial charge on any atom is -0.410 e. The molecule has 5 heteroatoms. The van der Waals surface area contributed by atoms with E-state index in [0.29, 0.717) is 17.4 Å². The van der Waals surface area contributed by atoms with Gasteiger partial charge in [0, 0.05) is 23.2 Å². The van der Waals surface area contributed by atoms with Crippen LogP contribution in [0.2, 0.25) is 0 Å². The minimum absolute atomic E-state index is 0.0403. The summed E-state index contributed by atoms with van der Waals surface area (Å²) in [5.41, 5.74) is 0.185. The molecule has 1 unspecified atom stereocenters. The number of carbonyl (C=O) groups excluding carboxylic acids is 2. The first-order valence-electron chi connectivity index (χ1n) is 9.04. The van der Waals surface area contributed by atoms with Crippen molar-refractivity contribution in [1.29, 1.82) is 0 Å². The Bertz CT molecular complexity index is 582. The average molecular weight is 348 g/mol. The number of ether oxygens (including phenoxy) is 1. The van der Waals surface area contributed by atoms with Gasteiger partial charge in [-0.05, 0) is 37.8 Å². The molecule has 0 bridgehead atoms. The minimum atomic E-state index is -0.483. The molecular formula is C20H32N2O3. The van der Waals surface area contributed by atoms with Gasteiger partial charge in [0.1, 0.15) is 5.75 Å². The first-order chi connectivity index (χ1) is 11.6. The fourth-order valence-corrected chi connectivity index (χ4v) is 2.78. The molecule has 0 spiro atoms. The van der Waals surface area contributed by atoms with E-state index in [1.54, 1.807) is 24.3 Å². The van der Waals surface area contributed by atoms with Crippen LogP contribution < -0.4 is 15.4 Å². The van der Waals surface area contributed by atoms with Gasteiger partial charge in [0.15, 0.2) is 0 Å². The standard InChI is InChI=1S/C20H32N2O3/c1-7-11-20(5,6)18(23)22-16-9-8-10-17(13-16)25-19(24)21-15(4)12-14(2)3/h8-10,13-15H,7,11-12H2,1-6H3,(H,21,24)(H,22,23). The lowest BCUT2D eigenvalue weighted by molar-refractivity contribution is -0.124. The second kappa shape index (κ2) is 9.44. The number of nitrogens with one attached hydrogen (secondary N) is 2. The third kappa shape index (κ3) is 7.59. The molecule has 2 N–H and O–H groups in total. The van der Waals surface area contributed by atoms with Crippen LogP contribution in [0.15, 0.2) is 24.3 Å². The SMILES string of the molecule is CCCC(C)(C)C(=O)Nc1cccc(OC(=O)NC(C)CC(C)C)c1. The van der Waals surface area contributed by atoms with E-state index in [4.69, 9.17) is 4.74 Å². The normalized spacial score (nSPS) is 12.6. The molecule has 1 rings (SSSR count). The van der Waals surface area contributed by atoms with E-state index in [1.807, 2.05) is 20.8 Å². The summed E-state index contributed by atoms with van der Waals surface area (Å²) in [5, 5.41) is 5.71. The van der Waals surface area contributed by atoms with Crippen LogP contribution in [0, 0.1) is 11.3 Å². The second-order valence-electron chi connectivity index (χ2n) is 7.68. The lowest BCUT2D eigenvalue weighted by atomic mass is 9.87. The molecule has 0 fully saturated rings. The van der Waals surface area contributed by atoms with Crippen molar-refractivity contribution in [2.75, 3.05) is 5.32 Å². The van der Waals surface area contributed by atoms with E-state index in [2.05, 4.69) is 31.4 Å². The van der Waals surface area contributed by atoms with Crippen LogP contribution in [0.25, 0.3) is 0 Å². The zero-order valence-corrected chi connectivity index (χ0v) is 16.3. The second-order valence-corrected chi connectivity index (χ2v) is 7.68. The van der Waals surface area contributed by atoms with Gasteiger partial charge < -0.3 is 15.4 Å². The highest BCUT2D eigenvalue weighted by Gasteiger charge is 2.26. The summed E-state index contributed by atoms with van der Waals surface area (Å²) in [7, 11) is 0. The van der Waals surface area contributed by atoms with Crippen molar-refractivity contribution in [2.24, 2.45) is 11.3 Å². The summed E-state index contributed by atoms with van der Waals surface area (Å²) in [6, 6.07) is 6.94. The molecule has 0 aliphatic carbocycles. The molecule has 0 aliphatic rings. The molecule has 1 aromatic carbocycles. The van der Waals surface area contributed by atoms with Gasteiger partial charge in [-0.1, -0.05) is 47.1 Å². The molecular weight excluding hydrogens is 316 g/mol. The Balaban J connectivity index is 2.66. The molecule has 0 aromatic heterocycles. The maximum absolute atomic E-state index is 12.4. The Morgan fingerprint density at radius 1 is 1.20 bits per heavy atom. The molecule has 2 amide bonds. The van der Waals surface area contributed by atoms with Crippen molar-refractivity contribution >= 4 is 17.7 Å². The zero-order chi connectivity index (χ0) is 19.0. The molecule has 1 atom stereocenters. The van der Waals surface area contributed by atoms with E-state index in [-0.39, 0.29) is 11.9 Å². The summed E-state index contributed by atoms with van der Waals surface area (Å²) in [5.74, 6) is 0.863. The van der Waals surface area contributed by atoms with Gasteiger partial charge >= 0.3 is 6.09 Å². The van der Waals surface area contributed by atoms with Gasteiger partial charge in [-0.3, -0.25) is 4.79 Å². The Kier molecular flexibility index (Phi) is 7.94. The van der Waals surface area contributed by atoms with E-state index in [0.717, 1.165) is 19.3 Å². The largest absolute Gasteiger partial charge is 0.412 e. The number of amides is 2. The molecule has 0 saturated heterocycles. The summed E-state index contributed by atoms with van der Waals surface area (Å²) >= 11 is 0. The predicted molar refractivity (Wildman–Crippen MR) is 102 cm³/mol. The van der Waals surface area contributed by atoms with E-state index < -0.39 is 11.5 Å². The number of hydrogen-bond acceptors (Lipinski definition) is 3.